The van der Waals surface area contributed by atoms with Gasteiger partial charge in [-0.25, -0.2) is 9.18 Å². The maximum Gasteiger partial charge on any atom is 0.320 e. The lowest BCUT2D eigenvalue weighted by Crippen LogP contribution is -2.55. The number of hydrogen-bond acceptors (Lipinski definition) is 2. The van der Waals surface area contributed by atoms with E-state index >= 15 is 0 Å². The highest BCUT2D eigenvalue weighted by molar-refractivity contribution is 5.76. The SMILES string of the molecule is CN(C(=O)N1CCc2ccccc2[C@@H]1c1ccc(F)cc1)[C@H]1C[C@H](N)C1. The number of carbonyl (C=O) groups excluding carboxylic acids is 1. The molecule has 5 heteroatoms. The van der Waals surface area contributed by atoms with Gasteiger partial charge in [-0.05, 0) is 48.1 Å². The number of carbonyl (C=O) groups is 1. The first-order valence-corrected chi connectivity index (χ1v) is 9.17. The molecule has 0 unspecified atom stereocenters. The molecule has 2 amide bonds. The second-order valence-corrected chi connectivity index (χ2v) is 7.38. The maximum atomic E-state index is 13.4. The maximum absolute atomic E-state index is 13.4. The van der Waals surface area contributed by atoms with Crippen LogP contribution in [0.2, 0.25) is 0 Å². The number of rotatable bonds is 2. The van der Waals surface area contributed by atoms with Crippen molar-refractivity contribution >= 4 is 6.03 Å². The van der Waals surface area contributed by atoms with E-state index in [0.29, 0.717) is 6.54 Å². The topological polar surface area (TPSA) is 49.6 Å². The number of amides is 2. The molecule has 4 rings (SSSR count). The van der Waals surface area contributed by atoms with Crippen LogP contribution in [0.4, 0.5) is 9.18 Å². The normalized spacial score (nSPS) is 24.6. The van der Waals surface area contributed by atoms with Crippen LogP contribution in [-0.2, 0) is 6.42 Å². The number of hydrogen-bond donors (Lipinski definition) is 1. The van der Waals surface area contributed by atoms with E-state index in [1.807, 2.05) is 29.0 Å². The van der Waals surface area contributed by atoms with E-state index in [2.05, 4.69) is 12.1 Å². The third-order valence-electron chi connectivity index (χ3n) is 5.71. The van der Waals surface area contributed by atoms with Gasteiger partial charge in [0.05, 0.1) is 6.04 Å². The summed E-state index contributed by atoms with van der Waals surface area (Å²) in [4.78, 5) is 17.0. The van der Waals surface area contributed by atoms with E-state index in [1.54, 1.807) is 12.1 Å². The Labute approximate surface area is 153 Å². The fraction of sp³-hybridized carbons (Fsp3) is 0.381. The van der Waals surface area contributed by atoms with Crippen LogP contribution < -0.4 is 5.73 Å². The van der Waals surface area contributed by atoms with Gasteiger partial charge in [0.1, 0.15) is 5.82 Å². The van der Waals surface area contributed by atoms with Gasteiger partial charge in [-0.3, -0.25) is 0 Å². The molecule has 0 radical (unpaired) electrons. The smallest absolute Gasteiger partial charge is 0.320 e. The summed E-state index contributed by atoms with van der Waals surface area (Å²) >= 11 is 0. The summed E-state index contributed by atoms with van der Waals surface area (Å²) in [6.45, 7) is 0.654. The molecule has 136 valence electrons. The van der Waals surface area contributed by atoms with Gasteiger partial charge in [0, 0.05) is 25.7 Å². The van der Waals surface area contributed by atoms with Gasteiger partial charge in [-0.1, -0.05) is 36.4 Å². The van der Waals surface area contributed by atoms with E-state index in [-0.39, 0.29) is 30.0 Å². The largest absolute Gasteiger partial charge is 0.328 e. The van der Waals surface area contributed by atoms with Crippen LogP contribution >= 0.6 is 0 Å². The van der Waals surface area contributed by atoms with Gasteiger partial charge in [-0.15, -0.1) is 0 Å². The lowest BCUT2D eigenvalue weighted by Gasteiger charge is -2.45. The quantitative estimate of drug-likeness (QED) is 0.900. The number of nitrogens with zero attached hydrogens (tertiary/aromatic N) is 2. The molecule has 1 fully saturated rings. The summed E-state index contributed by atoms with van der Waals surface area (Å²) in [5.41, 5.74) is 9.20. The molecule has 2 aliphatic rings. The summed E-state index contributed by atoms with van der Waals surface area (Å²) in [5.74, 6) is -0.267. The van der Waals surface area contributed by atoms with E-state index < -0.39 is 0 Å². The molecular weight excluding hydrogens is 329 g/mol. The fourth-order valence-corrected chi connectivity index (χ4v) is 4.08. The molecular formula is C21H24FN3O. The Hall–Kier alpha value is -2.40. The molecule has 2 aromatic rings. The summed E-state index contributed by atoms with van der Waals surface area (Å²) in [6.07, 6.45) is 2.54. The zero-order chi connectivity index (χ0) is 18.3. The van der Waals surface area contributed by atoms with Crippen LogP contribution in [0.25, 0.3) is 0 Å². The number of urea groups is 1. The van der Waals surface area contributed by atoms with Crippen LogP contribution in [0.1, 0.15) is 35.6 Å². The molecule has 0 spiro atoms. The first kappa shape index (κ1) is 17.0. The minimum atomic E-state index is -0.267. The predicted molar refractivity (Wildman–Crippen MR) is 99.3 cm³/mol. The molecule has 1 aliphatic carbocycles. The predicted octanol–water partition coefficient (Wildman–Crippen LogP) is 3.31. The van der Waals surface area contributed by atoms with E-state index in [4.69, 9.17) is 5.73 Å². The molecule has 0 saturated heterocycles. The highest BCUT2D eigenvalue weighted by atomic mass is 19.1. The monoisotopic (exact) mass is 353 g/mol. The summed E-state index contributed by atoms with van der Waals surface area (Å²) < 4.78 is 13.4. The zero-order valence-electron chi connectivity index (χ0n) is 14.9. The van der Waals surface area contributed by atoms with Crippen molar-refractivity contribution in [1.29, 1.82) is 0 Å². The first-order valence-electron chi connectivity index (χ1n) is 9.17. The van der Waals surface area contributed by atoms with Gasteiger partial charge in [-0.2, -0.15) is 0 Å². The van der Waals surface area contributed by atoms with Crippen molar-refractivity contribution < 1.29 is 9.18 Å². The molecule has 1 aliphatic heterocycles. The Balaban J connectivity index is 1.68. The number of fused-ring (bicyclic) bond motifs is 1. The molecule has 0 bridgehead atoms. The summed E-state index contributed by atoms with van der Waals surface area (Å²) in [7, 11) is 1.86. The standard InChI is InChI=1S/C21H24FN3O/c1-24(18-12-17(23)13-18)21(26)25-11-10-14-4-2-3-5-19(14)20(25)15-6-8-16(22)9-7-15/h2-9,17-18,20H,10-13,23H2,1H3/t17-,18-,20-/m0/s1. The third kappa shape index (κ3) is 2.97. The summed E-state index contributed by atoms with van der Waals surface area (Å²) in [5, 5.41) is 0. The van der Waals surface area contributed by atoms with E-state index in [0.717, 1.165) is 30.4 Å². The van der Waals surface area contributed by atoms with Crippen molar-refractivity contribution in [2.75, 3.05) is 13.6 Å². The van der Waals surface area contributed by atoms with Gasteiger partial charge in [0.25, 0.3) is 0 Å². The Bertz CT molecular complexity index is 801. The molecule has 2 N–H and O–H groups in total. The lowest BCUT2D eigenvalue weighted by molar-refractivity contribution is 0.103. The Morgan fingerprint density at radius 3 is 2.54 bits per heavy atom. The minimum absolute atomic E-state index is 0.0192. The molecule has 1 heterocycles. The van der Waals surface area contributed by atoms with Crippen molar-refractivity contribution in [2.24, 2.45) is 5.73 Å². The first-order chi connectivity index (χ1) is 12.5. The van der Waals surface area contributed by atoms with Crippen molar-refractivity contribution in [2.45, 2.75) is 37.4 Å². The van der Waals surface area contributed by atoms with Crippen LogP contribution in [0.3, 0.4) is 0 Å². The van der Waals surface area contributed by atoms with Crippen molar-refractivity contribution in [3.8, 4) is 0 Å². The van der Waals surface area contributed by atoms with Gasteiger partial charge < -0.3 is 15.5 Å². The molecule has 26 heavy (non-hydrogen) atoms. The van der Waals surface area contributed by atoms with Crippen LogP contribution in [-0.4, -0.2) is 41.5 Å². The summed E-state index contributed by atoms with van der Waals surface area (Å²) in [6, 6.07) is 14.9. The number of nitrogens with two attached hydrogens (primary N) is 1. The second-order valence-electron chi connectivity index (χ2n) is 7.38. The molecule has 2 aromatic carbocycles. The Morgan fingerprint density at radius 2 is 1.85 bits per heavy atom. The highest BCUT2D eigenvalue weighted by Gasteiger charge is 2.38. The number of benzene rings is 2. The van der Waals surface area contributed by atoms with Gasteiger partial charge >= 0.3 is 6.03 Å². The third-order valence-corrected chi connectivity index (χ3v) is 5.71. The molecule has 0 aromatic heterocycles. The number of halogens is 1. The van der Waals surface area contributed by atoms with Crippen molar-refractivity contribution in [3.05, 3.63) is 71.0 Å². The van der Waals surface area contributed by atoms with Crippen LogP contribution in [0.5, 0.6) is 0 Å². The molecule has 1 saturated carbocycles. The van der Waals surface area contributed by atoms with E-state index in [1.165, 1.54) is 17.7 Å². The average Bonchev–Trinajstić information content (AvgIpc) is 2.64. The Kier molecular flexibility index (Phi) is 4.41. The van der Waals surface area contributed by atoms with Crippen molar-refractivity contribution in [3.63, 3.8) is 0 Å². The van der Waals surface area contributed by atoms with Crippen LogP contribution in [0, 0.1) is 5.82 Å². The zero-order valence-corrected chi connectivity index (χ0v) is 14.9. The minimum Gasteiger partial charge on any atom is -0.328 e. The average molecular weight is 353 g/mol. The fourth-order valence-electron chi connectivity index (χ4n) is 4.08. The molecule has 4 nitrogen and oxygen atoms in total. The van der Waals surface area contributed by atoms with Gasteiger partial charge in [0.15, 0.2) is 0 Å². The van der Waals surface area contributed by atoms with Gasteiger partial charge in [0.2, 0.25) is 0 Å². The Morgan fingerprint density at radius 1 is 1.15 bits per heavy atom. The highest BCUT2D eigenvalue weighted by Crippen LogP contribution is 2.36. The van der Waals surface area contributed by atoms with Crippen molar-refractivity contribution in [1.82, 2.24) is 9.80 Å². The lowest BCUT2D eigenvalue weighted by atomic mass is 9.86. The second kappa shape index (κ2) is 6.72. The van der Waals surface area contributed by atoms with Crippen LogP contribution in [0.15, 0.2) is 48.5 Å². The molecule has 1 atom stereocenters. The van der Waals surface area contributed by atoms with E-state index in [9.17, 15) is 9.18 Å².